The van der Waals surface area contributed by atoms with E-state index in [1.54, 1.807) is 13.8 Å². The van der Waals surface area contributed by atoms with E-state index in [1.165, 1.54) is 18.2 Å². The number of nitro groups is 1. The molecule has 1 N–H and O–H groups in total. The van der Waals surface area contributed by atoms with Gasteiger partial charge in [-0.15, -0.1) is 0 Å². The Kier molecular flexibility index (Phi) is 8.20. The van der Waals surface area contributed by atoms with Crippen molar-refractivity contribution < 1.29 is 22.9 Å². The van der Waals surface area contributed by atoms with Crippen LogP contribution in [0.2, 0.25) is 0 Å². The van der Waals surface area contributed by atoms with Crippen LogP contribution in [-0.2, 0) is 14.8 Å². The van der Waals surface area contributed by atoms with Crippen molar-refractivity contribution in [2.75, 3.05) is 23.7 Å². The van der Waals surface area contributed by atoms with Gasteiger partial charge in [0.25, 0.3) is 5.69 Å². The molecule has 0 heterocycles. The van der Waals surface area contributed by atoms with E-state index in [1.807, 2.05) is 32.0 Å². The van der Waals surface area contributed by atoms with Crippen LogP contribution in [0.25, 0.3) is 0 Å². The molecule has 2 aromatic carbocycles. The van der Waals surface area contributed by atoms with Crippen molar-refractivity contribution in [2.45, 2.75) is 40.2 Å². The number of nitrogens with zero attached hydrogens (tertiary/aromatic N) is 2. The van der Waals surface area contributed by atoms with Gasteiger partial charge in [0.1, 0.15) is 18.4 Å². The van der Waals surface area contributed by atoms with Gasteiger partial charge in [0, 0.05) is 12.1 Å². The number of amides is 1. The number of sulfonamides is 1. The van der Waals surface area contributed by atoms with Gasteiger partial charge in [-0.1, -0.05) is 25.1 Å². The molecule has 0 saturated carbocycles. The Morgan fingerprint density at radius 1 is 1.16 bits per heavy atom. The maximum absolute atomic E-state index is 12.9. The topological polar surface area (TPSA) is 119 Å². The van der Waals surface area contributed by atoms with Crippen LogP contribution < -0.4 is 14.4 Å². The lowest BCUT2D eigenvalue weighted by Gasteiger charge is -2.31. The summed E-state index contributed by atoms with van der Waals surface area (Å²) in [6, 6.07) is 8.71. The van der Waals surface area contributed by atoms with Crippen LogP contribution in [-0.4, -0.2) is 44.7 Å². The van der Waals surface area contributed by atoms with Gasteiger partial charge in [-0.2, -0.15) is 0 Å². The number of rotatable bonds is 10. The monoisotopic (exact) mass is 463 g/mol. The molecule has 2 aromatic rings. The zero-order valence-electron chi connectivity index (χ0n) is 18.9. The number of aryl methyl sites for hydroxylation is 3. The van der Waals surface area contributed by atoms with Gasteiger partial charge < -0.3 is 10.1 Å². The predicted molar refractivity (Wildman–Crippen MR) is 124 cm³/mol. The number of anilines is 1. The molecule has 0 aliphatic heterocycles. The average molecular weight is 464 g/mol. The molecule has 10 heteroatoms. The number of carbonyl (C=O) groups excluding carboxylic acids is 1. The molecule has 0 unspecified atom stereocenters. The number of benzene rings is 2. The van der Waals surface area contributed by atoms with Crippen molar-refractivity contribution >= 4 is 27.3 Å². The number of nitrogens with one attached hydrogen (secondary N) is 1. The Morgan fingerprint density at radius 3 is 2.41 bits per heavy atom. The fraction of sp³-hybridized carbons (Fsp3) is 0.409. The molecule has 1 atom stereocenters. The molecule has 174 valence electrons. The van der Waals surface area contributed by atoms with Crippen molar-refractivity contribution in [3.05, 3.63) is 63.2 Å². The third-order valence-corrected chi connectivity index (χ3v) is 6.14. The maximum atomic E-state index is 12.9. The SMILES string of the molecule is CC[C@H](C(=O)NCCOc1cc(C)ccc1C)N(c1cc([N+](=O)[O-])ccc1C)S(C)(=O)=O. The van der Waals surface area contributed by atoms with E-state index in [0.29, 0.717) is 5.56 Å². The molecule has 32 heavy (non-hydrogen) atoms. The molecule has 0 fully saturated rings. The predicted octanol–water partition coefficient (Wildman–Crippen LogP) is 3.26. The number of nitro benzene ring substituents is 1. The minimum absolute atomic E-state index is 0.107. The number of hydrogen-bond donors (Lipinski definition) is 1. The van der Waals surface area contributed by atoms with E-state index in [2.05, 4.69) is 5.32 Å². The van der Waals surface area contributed by atoms with Crippen LogP contribution in [0.3, 0.4) is 0 Å². The van der Waals surface area contributed by atoms with Gasteiger partial charge in [-0.25, -0.2) is 8.42 Å². The Labute approximate surface area is 188 Å². The van der Waals surface area contributed by atoms with E-state index in [4.69, 9.17) is 4.74 Å². The highest BCUT2D eigenvalue weighted by molar-refractivity contribution is 7.92. The fourth-order valence-electron chi connectivity index (χ4n) is 3.30. The Hall–Kier alpha value is -3.14. The molecule has 9 nitrogen and oxygen atoms in total. The standard InChI is InChI=1S/C22H29N3O6S/c1-6-19(22(26)23-11-12-31-21-13-15(2)7-8-17(21)4)24(32(5,29)30)20-14-18(25(27)28)10-9-16(20)3/h7-10,13-14,19H,6,11-12H2,1-5H3,(H,23,26)/t19-/m1/s1. The summed E-state index contributed by atoms with van der Waals surface area (Å²) in [5.74, 6) is 0.213. The van der Waals surface area contributed by atoms with Gasteiger partial charge in [0.05, 0.1) is 23.4 Å². The van der Waals surface area contributed by atoms with Gasteiger partial charge in [-0.3, -0.25) is 19.2 Å². The van der Waals surface area contributed by atoms with Crippen molar-refractivity contribution in [2.24, 2.45) is 0 Å². The highest BCUT2D eigenvalue weighted by Crippen LogP contribution is 2.30. The van der Waals surface area contributed by atoms with Gasteiger partial charge in [0.2, 0.25) is 15.9 Å². The van der Waals surface area contributed by atoms with Crippen LogP contribution in [0.4, 0.5) is 11.4 Å². The Morgan fingerprint density at radius 2 is 1.81 bits per heavy atom. The van der Waals surface area contributed by atoms with Gasteiger partial charge >= 0.3 is 0 Å². The fourth-order valence-corrected chi connectivity index (χ4v) is 4.56. The lowest BCUT2D eigenvalue weighted by Crippen LogP contribution is -2.50. The maximum Gasteiger partial charge on any atom is 0.271 e. The summed E-state index contributed by atoms with van der Waals surface area (Å²) in [5, 5.41) is 13.9. The zero-order chi connectivity index (χ0) is 24.1. The summed E-state index contributed by atoms with van der Waals surface area (Å²) in [6.07, 6.45) is 1.16. The second kappa shape index (κ2) is 10.4. The molecule has 1 amide bonds. The third-order valence-electron chi connectivity index (χ3n) is 4.97. The van der Waals surface area contributed by atoms with Gasteiger partial charge in [-0.05, 0) is 49.9 Å². The van der Waals surface area contributed by atoms with Crippen LogP contribution in [0.1, 0.15) is 30.0 Å². The average Bonchev–Trinajstić information content (AvgIpc) is 2.71. The highest BCUT2D eigenvalue weighted by Gasteiger charge is 2.33. The largest absolute Gasteiger partial charge is 0.491 e. The molecule has 0 aromatic heterocycles. The molecule has 0 radical (unpaired) electrons. The number of carbonyl (C=O) groups is 1. The van der Waals surface area contributed by atoms with E-state index in [-0.39, 0.29) is 30.9 Å². The lowest BCUT2D eigenvalue weighted by molar-refractivity contribution is -0.384. The summed E-state index contributed by atoms with van der Waals surface area (Å²) in [5.41, 5.74) is 2.38. The first-order chi connectivity index (χ1) is 15.0. The molecule has 0 aliphatic rings. The number of ether oxygens (including phenoxy) is 1. The van der Waals surface area contributed by atoms with Crippen LogP contribution in [0.15, 0.2) is 36.4 Å². The van der Waals surface area contributed by atoms with Crippen LogP contribution >= 0.6 is 0 Å². The van der Waals surface area contributed by atoms with Crippen LogP contribution in [0, 0.1) is 30.9 Å². The molecule has 0 saturated heterocycles. The summed E-state index contributed by atoms with van der Waals surface area (Å²) in [7, 11) is -3.90. The first-order valence-electron chi connectivity index (χ1n) is 10.2. The van der Waals surface area contributed by atoms with Crippen molar-refractivity contribution in [3.8, 4) is 5.75 Å². The molecule has 2 rings (SSSR count). The third kappa shape index (κ3) is 6.19. The first kappa shape index (κ1) is 25.1. The summed E-state index contributed by atoms with van der Waals surface area (Å²) >= 11 is 0. The number of non-ortho nitro benzene ring substituents is 1. The van der Waals surface area contributed by atoms with E-state index < -0.39 is 26.9 Å². The minimum Gasteiger partial charge on any atom is -0.491 e. The molecular formula is C22H29N3O6S. The minimum atomic E-state index is -3.90. The quantitative estimate of drug-likeness (QED) is 0.328. The van der Waals surface area contributed by atoms with E-state index in [0.717, 1.165) is 27.4 Å². The zero-order valence-corrected chi connectivity index (χ0v) is 19.7. The molecule has 0 spiro atoms. The molecule has 0 bridgehead atoms. The summed E-state index contributed by atoms with van der Waals surface area (Å²) < 4.78 is 31.9. The normalized spacial score (nSPS) is 12.2. The van der Waals surface area contributed by atoms with Crippen LogP contribution in [0.5, 0.6) is 5.75 Å². The second-order valence-corrected chi connectivity index (χ2v) is 9.48. The van der Waals surface area contributed by atoms with E-state index >= 15 is 0 Å². The Balaban J connectivity index is 2.19. The lowest BCUT2D eigenvalue weighted by atomic mass is 10.1. The van der Waals surface area contributed by atoms with Crippen molar-refractivity contribution in [1.29, 1.82) is 0 Å². The van der Waals surface area contributed by atoms with E-state index in [9.17, 15) is 23.3 Å². The van der Waals surface area contributed by atoms with Crippen molar-refractivity contribution in [3.63, 3.8) is 0 Å². The Bertz CT molecular complexity index is 1100. The first-order valence-corrected chi connectivity index (χ1v) is 12.0. The molecule has 0 aliphatic carbocycles. The summed E-state index contributed by atoms with van der Waals surface area (Å²) in [4.78, 5) is 23.5. The highest BCUT2D eigenvalue weighted by atomic mass is 32.2. The van der Waals surface area contributed by atoms with Crippen molar-refractivity contribution in [1.82, 2.24) is 5.32 Å². The number of hydrogen-bond acceptors (Lipinski definition) is 6. The summed E-state index contributed by atoms with van der Waals surface area (Å²) in [6.45, 7) is 7.58. The smallest absolute Gasteiger partial charge is 0.271 e. The van der Waals surface area contributed by atoms with Gasteiger partial charge in [0.15, 0.2) is 0 Å². The second-order valence-electron chi connectivity index (χ2n) is 7.62. The molecular weight excluding hydrogens is 434 g/mol.